The molecule has 1 aliphatic heterocycles. The molecule has 1 N–H and O–H groups in total. The molecule has 0 spiro atoms. The van der Waals surface area contributed by atoms with Gasteiger partial charge >= 0.3 is 12.3 Å². The molecule has 0 saturated carbocycles. The Hall–Kier alpha value is -3.75. The van der Waals surface area contributed by atoms with Crippen LogP contribution in [0.5, 0.6) is 5.75 Å². The second-order valence-corrected chi connectivity index (χ2v) is 7.46. The second kappa shape index (κ2) is 8.65. The molecular formula is C24H16F5NO3. The molecule has 4 nitrogen and oxygen atoms in total. The molecule has 4 rings (SSSR count). The topological polar surface area (TPSA) is 58.9 Å². The number of alkyl halides is 3. The Labute approximate surface area is 185 Å². The van der Waals surface area contributed by atoms with Gasteiger partial charge in [0.15, 0.2) is 0 Å². The number of aliphatic imine (C=N–C) groups is 1. The number of halogens is 5. The summed E-state index contributed by atoms with van der Waals surface area (Å²) in [4.78, 5) is 16.1. The summed E-state index contributed by atoms with van der Waals surface area (Å²) in [5.41, 5.74) is 1.55. The van der Waals surface area contributed by atoms with E-state index in [1.165, 1.54) is 30.3 Å². The molecular weight excluding hydrogens is 445 g/mol. The monoisotopic (exact) mass is 461 g/mol. The first kappa shape index (κ1) is 22.4. The van der Waals surface area contributed by atoms with Crippen molar-refractivity contribution in [3.63, 3.8) is 0 Å². The standard InChI is InChI=1S/C24H16F5NO3/c25-18-2-1-3-19(26)21(18)20-12-17(23(31)32)22(30-20)15-6-4-13(5-7-15)14-8-10-16(11-9-14)33-24(27,28)29/h1-11,17,22H,12H2,(H,31,32). The minimum absolute atomic E-state index is 0.0485. The zero-order chi connectivity index (χ0) is 23.8. The second-order valence-electron chi connectivity index (χ2n) is 7.46. The highest BCUT2D eigenvalue weighted by Gasteiger charge is 2.37. The van der Waals surface area contributed by atoms with Crippen LogP contribution in [0.1, 0.15) is 23.6 Å². The predicted molar refractivity (Wildman–Crippen MR) is 110 cm³/mol. The van der Waals surface area contributed by atoms with Crippen LogP contribution < -0.4 is 4.74 Å². The molecule has 33 heavy (non-hydrogen) atoms. The first-order valence-electron chi connectivity index (χ1n) is 9.82. The molecule has 3 aromatic rings. The number of carbonyl (C=O) groups is 1. The zero-order valence-electron chi connectivity index (χ0n) is 16.8. The maximum absolute atomic E-state index is 14.2. The Morgan fingerprint density at radius 1 is 0.909 bits per heavy atom. The van der Waals surface area contributed by atoms with E-state index in [0.29, 0.717) is 16.7 Å². The van der Waals surface area contributed by atoms with E-state index < -0.39 is 35.9 Å². The van der Waals surface area contributed by atoms with Gasteiger partial charge in [0.05, 0.1) is 17.5 Å². The van der Waals surface area contributed by atoms with E-state index in [2.05, 4.69) is 9.73 Å². The average molecular weight is 461 g/mol. The van der Waals surface area contributed by atoms with Crippen molar-refractivity contribution in [3.8, 4) is 16.9 Å². The highest BCUT2D eigenvalue weighted by Crippen LogP contribution is 2.38. The van der Waals surface area contributed by atoms with Crippen LogP contribution in [-0.4, -0.2) is 23.1 Å². The van der Waals surface area contributed by atoms with E-state index in [9.17, 15) is 31.9 Å². The van der Waals surface area contributed by atoms with Gasteiger partial charge in [0.2, 0.25) is 0 Å². The van der Waals surface area contributed by atoms with Gasteiger partial charge in [-0.05, 0) is 41.0 Å². The van der Waals surface area contributed by atoms with Gasteiger partial charge in [-0.3, -0.25) is 9.79 Å². The summed E-state index contributed by atoms with van der Waals surface area (Å²) in [6.07, 6.45) is -4.91. The molecule has 0 radical (unpaired) electrons. The molecule has 0 aromatic heterocycles. The van der Waals surface area contributed by atoms with Crippen molar-refractivity contribution >= 4 is 11.7 Å². The van der Waals surface area contributed by atoms with E-state index in [-0.39, 0.29) is 23.4 Å². The van der Waals surface area contributed by atoms with Crippen molar-refractivity contribution in [1.82, 2.24) is 0 Å². The van der Waals surface area contributed by atoms with Crippen LogP contribution in [0.2, 0.25) is 0 Å². The highest BCUT2D eigenvalue weighted by atomic mass is 19.4. The third-order valence-corrected chi connectivity index (χ3v) is 5.33. The van der Waals surface area contributed by atoms with Crippen LogP contribution in [0.15, 0.2) is 71.7 Å². The number of carboxylic acid groups (broad SMARTS) is 1. The van der Waals surface area contributed by atoms with E-state index in [1.807, 2.05) is 0 Å². The number of aliphatic carboxylic acids is 1. The fraction of sp³-hybridized carbons (Fsp3) is 0.167. The van der Waals surface area contributed by atoms with Gasteiger partial charge in [-0.25, -0.2) is 8.78 Å². The van der Waals surface area contributed by atoms with Gasteiger partial charge in [-0.2, -0.15) is 0 Å². The summed E-state index contributed by atoms with van der Waals surface area (Å²) in [5.74, 6) is -4.11. The van der Waals surface area contributed by atoms with Gasteiger partial charge in [0.25, 0.3) is 0 Å². The first-order valence-corrected chi connectivity index (χ1v) is 9.82. The summed E-state index contributed by atoms with van der Waals surface area (Å²) in [5, 5.41) is 9.63. The third kappa shape index (κ3) is 4.87. The van der Waals surface area contributed by atoms with Crippen LogP contribution in [0.3, 0.4) is 0 Å². The van der Waals surface area contributed by atoms with Crippen molar-refractivity contribution in [2.24, 2.45) is 10.9 Å². The van der Waals surface area contributed by atoms with Crippen molar-refractivity contribution < 1.29 is 36.6 Å². The van der Waals surface area contributed by atoms with Crippen molar-refractivity contribution in [3.05, 3.63) is 89.5 Å². The lowest BCUT2D eigenvalue weighted by Gasteiger charge is -2.15. The molecule has 0 saturated heterocycles. The van der Waals surface area contributed by atoms with E-state index >= 15 is 0 Å². The minimum atomic E-state index is -4.78. The van der Waals surface area contributed by atoms with Crippen LogP contribution in [-0.2, 0) is 4.79 Å². The number of hydrogen-bond donors (Lipinski definition) is 1. The SMILES string of the molecule is O=C(O)C1CC(c2c(F)cccc2F)=NC1c1ccc(-c2ccc(OC(F)(F)F)cc2)cc1. The van der Waals surface area contributed by atoms with Crippen LogP contribution >= 0.6 is 0 Å². The van der Waals surface area contributed by atoms with Crippen LogP contribution in [0.25, 0.3) is 11.1 Å². The highest BCUT2D eigenvalue weighted by molar-refractivity contribution is 6.04. The first-order chi connectivity index (χ1) is 15.6. The molecule has 1 aliphatic rings. The average Bonchev–Trinajstić information content (AvgIpc) is 3.18. The third-order valence-electron chi connectivity index (χ3n) is 5.33. The molecule has 0 aliphatic carbocycles. The summed E-state index contributed by atoms with van der Waals surface area (Å²) in [7, 11) is 0. The molecule has 2 unspecified atom stereocenters. The summed E-state index contributed by atoms with van der Waals surface area (Å²) in [6.45, 7) is 0. The number of ether oxygens (including phenoxy) is 1. The number of benzene rings is 3. The minimum Gasteiger partial charge on any atom is -0.481 e. The van der Waals surface area contributed by atoms with Gasteiger partial charge in [-0.15, -0.1) is 13.2 Å². The van der Waals surface area contributed by atoms with E-state index in [4.69, 9.17) is 0 Å². The molecule has 0 bridgehead atoms. The summed E-state index contributed by atoms with van der Waals surface area (Å²) in [6, 6.07) is 14.5. The van der Waals surface area contributed by atoms with E-state index in [1.54, 1.807) is 24.3 Å². The maximum atomic E-state index is 14.2. The smallest absolute Gasteiger partial charge is 0.481 e. The number of hydrogen-bond acceptors (Lipinski definition) is 3. The Morgan fingerprint density at radius 2 is 1.45 bits per heavy atom. The van der Waals surface area contributed by atoms with Crippen LogP contribution in [0, 0.1) is 17.6 Å². The zero-order valence-corrected chi connectivity index (χ0v) is 16.8. The summed E-state index contributed by atoms with van der Waals surface area (Å²) >= 11 is 0. The largest absolute Gasteiger partial charge is 0.573 e. The van der Waals surface area contributed by atoms with Crippen molar-refractivity contribution in [2.75, 3.05) is 0 Å². The van der Waals surface area contributed by atoms with Crippen molar-refractivity contribution in [2.45, 2.75) is 18.8 Å². The number of nitrogens with zero attached hydrogens (tertiary/aromatic N) is 1. The van der Waals surface area contributed by atoms with Gasteiger partial charge in [0, 0.05) is 12.1 Å². The molecule has 170 valence electrons. The Bertz CT molecular complexity index is 1180. The molecule has 9 heteroatoms. The van der Waals surface area contributed by atoms with Gasteiger partial charge < -0.3 is 9.84 Å². The maximum Gasteiger partial charge on any atom is 0.573 e. The lowest BCUT2D eigenvalue weighted by atomic mass is 9.90. The molecule has 0 amide bonds. The fourth-order valence-electron chi connectivity index (χ4n) is 3.82. The lowest BCUT2D eigenvalue weighted by Crippen LogP contribution is -2.18. The lowest BCUT2D eigenvalue weighted by molar-refractivity contribution is -0.274. The Balaban J connectivity index is 1.60. The molecule has 1 heterocycles. The normalized spacial score (nSPS) is 18.2. The van der Waals surface area contributed by atoms with Crippen molar-refractivity contribution in [1.29, 1.82) is 0 Å². The van der Waals surface area contributed by atoms with E-state index in [0.717, 1.165) is 12.1 Å². The van der Waals surface area contributed by atoms with Gasteiger partial charge in [-0.1, -0.05) is 42.5 Å². The van der Waals surface area contributed by atoms with Gasteiger partial charge in [0.1, 0.15) is 17.4 Å². The Morgan fingerprint density at radius 3 is 1.97 bits per heavy atom. The fourth-order valence-corrected chi connectivity index (χ4v) is 3.82. The quantitative estimate of drug-likeness (QED) is 0.463. The predicted octanol–water partition coefficient (Wildman–Crippen LogP) is 6.17. The number of rotatable bonds is 5. The van der Waals surface area contributed by atoms with Crippen LogP contribution in [0.4, 0.5) is 22.0 Å². The Kier molecular flexibility index (Phi) is 5.88. The summed E-state index contributed by atoms with van der Waals surface area (Å²) < 4.78 is 69.1. The molecule has 3 aromatic carbocycles. The molecule has 0 fully saturated rings. The molecule has 2 atom stereocenters. The number of carboxylic acids is 1.